The summed E-state index contributed by atoms with van der Waals surface area (Å²) in [4.78, 5) is 11.7. The van der Waals surface area contributed by atoms with Gasteiger partial charge in [-0.15, -0.1) is 0 Å². The fourth-order valence-corrected chi connectivity index (χ4v) is 3.82. The molecule has 2 aliphatic rings. The number of hydrogen-bond donors (Lipinski definition) is 0. The van der Waals surface area contributed by atoms with Crippen molar-refractivity contribution in [3.63, 3.8) is 0 Å². The molecule has 4 atom stereocenters. The number of fused-ring (bicyclic) bond motifs is 1. The second-order valence-corrected chi connectivity index (χ2v) is 10.7. The summed E-state index contributed by atoms with van der Waals surface area (Å²) in [6.45, 7) is 10.6. The highest BCUT2D eigenvalue weighted by Crippen LogP contribution is 2.42. The highest BCUT2D eigenvalue weighted by molar-refractivity contribution is 6.70. The summed E-state index contributed by atoms with van der Waals surface area (Å²) in [6.07, 6.45) is 3.01. The molecule has 1 saturated heterocycles. The topological polar surface area (TPSA) is 35.5 Å². The van der Waals surface area contributed by atoms with E-state index in [1.165, 1.54) is 0 Å². The molecule has 1 aliphatic heterocycles. The van der Waals surface area contributed by atoms with E-state index in [-0.39, 0.29) is 23.9 Å². The second-order valence-electron chi connectivity index (χ2n) is 6.24. The molecule has 3 nitrogen and oxygen atoms in total. The van der Waals surface area contributed by atoms with Crippen molar-refractivity contribution in [2.75, 3.05) is 0 Å². The number of rotatable bonds is 2. The molecule has 96 valence electrons. The van der Waals surface area contributed by atoms with Crippen LogP contribution in [0.15, 0.2) is 11.8 Å². The van der Waals surface area contributed by atoms with E-state index in [0.717, 1.165) is 12.2 Å². The lowest BCUT2D eigenvalue weighted by molar-refractivity contribution is -0.144. The van der Waals surface area contributed by atoms with Gasteiger partial charge in [0.05, 0.1) is 11.7 Å². The maximum Gasteiger partial charge on any atom is 0.310 e. The first kappa shape index (κ1) is 12.7. The zero-order valence-electron chi connectivity index (χ0n) is 11.3. The molecule has 1 aliphatic carbocycles. The quantitative estimate of drug-likeness (QED) is 0.561. The summed E-state index contributed by atoms with van der Waals surface area (Å²) >= 11 is 0. The van der Waals surface area contributed by atoms with Crippen molar-refractivity contribution in [3.8, 4) is 0 Å². The zero-order valence-corrected chi connectivity index (χ0v) is 12.3. The minimum Gasteiger partial charge on any atom is -0.548 e. The predicted molar refractivity (Wildman–Crippen MR) is 68.8 cm³/mol. The van der Waals surface area contributed by atoms with E-state index < -0.39 is 8.32 Å². The summed E-state index contributed by atoms with van der Waals surface area (Å²) in [7, 11) is -1.55. The fourth-order valence-electron chi connectivity index (χ4n) is 2.88. The molecule has 0 aromatic rings. The molecule has 0 amide bonds. The van der Waals surface area contributed by atoms with Crippen LogP contribution in [-0.4, -0.2) is 20.4 Å². The Balaban J connectivity index is 2.17. The second kappa shape index (κ2) is 4.16. The lowest BCUT2D eigenvalue weighted by Gasteiger charge is -2.32. The summed E-state index contributed by atoms with van der Waals surface area (Å²) in [5.41, 5.74) is 0. The normalized spacial score (nSPS) is 37.2. The minimum absolute atomic E-state index is 0.0293. The first-order valence-electron chi connectivity index (χ1n) is 6.38. The van der Waals surface area contributed by atoms with Gasteiger partial charge in [0.25, 0.3) is 0 Å². The lowest BCUT2D eigenvalue weighted by Crippen LogP contribution is -2.32. The van der Waals surface area contributed by atoms with Crippen molar-refractivity contribution >= 4 is 14.3 Å². The third-order valence-electron chi connectivity index (χ3n) is 3.53. The Labute approximate surface area is 104 Å². The molecular formula is C13H22O3Si. The van der Waals surface area contributed by atoms with Crippen LogP contribution in [-0.2, 0) is 14.0 Å². The summed E-state index contributed by atoms with van der Waals surface area (Å²) < 4.78 is 11.4. The molecule has 0 aromatic heterocycles. The Morgan fingerprint density at radius 1 is 1.35 bits per heavy atom. The molecule has 17 heavy (non-hydrogen) atoms. The van der Waals surface area contributed by atoms with E-state index in [9.17, 15) is 4.79 Å². The number of allylic oxidation sites excluding steroid dienone is 2. The molecule has 0 radical (unpaired) electrons. The Kier molecular flexibility index (Phi) is 3.10. The number of hydrogen-bond acceptors (Lipinski definition) is 3. The molecule has 0 N–H and O–H groups in total. The molecule has 0 unspecified atom stereocenters. The fraction of sp³-hybridized carbons (Fsp3) is 0.769. The number of cyclic esters (lactones) is 1. The maximum absolute atomic E-state index is 11.7. The monoisotopic (exact) mass is 254 g/mol. The van der Waals surface area contributed by atoms with E-state index >= 15 is 0 Å². The molecule has 0 saturated carbocycles. The Morgan fingerprint density at radius 3 is 2.59 bits per heavy atom. The first-order chi connectivity index (χ1) is 7.78. The highest BCUT2D eigenvalue weighted by atomic mass is 28.4. The van der Waals surface area contributed by atoms with Crippen molar-refractivity contribution in [2.24, 2.45) is 17.8 Å². The molecule has 0 aromatic carbocycles. The molecule has 0 bridgehead atoms. The van der Waals surface area contributed by atoms with Gasteiger partial charge in [0.2, 0.25) is 8.32 Å². The van der Waals surface area contributed by atoms with Crippen LogP contribution < -0.4 is 0 Å². The smallest absolute Gasteiger partial charge is 0.310 e. The van der Waals surface area contributed by atoms with Crippen LogP contribution >= 0.6 is 0 Å². The zero-order chi connectivity index (χ0) is 12.8. The van der Waals surface area contributed by atoms with Gasteiger partial charge in [0.15, 0.2) is 0 Å². The van der Waals surface area contributed by atoms with Crippen LogP contribution in [0.2, 0.25) is 19.6 Å². The van der Waals surface area contributed by atoms with Crippen molar-refractivity contribution < 1.29 is 14.0 Å². The van der Waals surface area contributed by atoms with Crippen LogP contribution in [0.5, 0.6) is 0 Å². The first-order valence-corrected chi connectivity index (χ1v) is 9.79. The van der Waals surface area contributed by atoms with Crippen molar-refractivity contribution in [2.45, 2.75) is 46.0 Å². The van der Waals surface area contributed by atoms with Gasteiger partial charge >= 0.3 is 5.97 Å². The molecule has 0 spiro atoms. The van der Waals surface area contributed by atoms with E-state index in [4.69, 9.17) is 9.16 Å². The molecule has 1 heterocycles. The Morgan fingerprint density at radius 2 is 2.00 bits per heavy atom. The SMILES string of the molecule is C[C@@H]1C=C(O[Si](C)(C)C)C[C@@H]2[C@H]1C(=O)O[C@H]2C. The van der Waals surface area contributed by atoms with Crippen LogP contribution in [0.1, 0.15) is 20.3 Å². The maximum atomic E-state index is 11.7. The number of carbonyl (C=O) groups excluding carboxylic acids is 1. The third-order valence-corrected chi connectivity index (χ3v) is 4.40. The third kappa shape index (κ3) is 2.57. The van der Waals surface area contributed by atoms with E-state index in [1.54, 1.807) is 0 Å². The van der Waals surface area contributed by atoms with E-state index in [2.05, 4.69) is 32.6 Å². The average molecular weight is 254 g/mol. The van der Waals surface area contributed by atoms with Crippen LogP contribution in [0, 0.1) is 17.8 Å². The Hall–Kier alpha value is -0.773. The van der Waals surface area contributed by atoms with E-state index in [1.807, 2.05) is 6.92 Å². The molecule has 4 heteroatoms. The average Bonchev–Trinajstić information content (AvgIpc) is 2.39. The Bertz CT molecular complexity index is 356. The minimum atomic E-state index is -1.55. The van der Waals surface area contributed by atoms with Gasteiger partial charge in [0.1, 0.15) is 6.10 Å². The van der Waals surface area contributed by atoms with Gasteiger partial charge in [-0.1, -0.05) is 6.92 Å². The van der Waals surface area contributed by atoms with Gasteiger partial charge in [0, 0.05) is 12.3 Å². The van der Waals surface area contributed by atoms with Crippen molar-refractivity contribution in [3.05, 3.63) is 11.8 Å². The van der Waals surface area contributed by atoms with Gasteiger partial charge in [-0.05, 0) is 38.6 Å². The van der Waals surface area contributed by atoms with Gasteiger partial charge in [-0.3, -0.25) is 4.79 Å². The van der Waals surface area contributed by atoms with Crippen molar-refractivity contribution in [1.82, 2.24) is 0 Å². The largest absolute Gasteiger partial charge is 0.548 e. The molecule has 1 fully saturated rings. The predicted octanol–water partition coefficient (Wildman–Crippen LogP) is 2.94. The number of carbonyl (C=O) groups is 1. The molecule has 2 rings (SSSR count). The number of esters is 1. The lowest BCUT2D eigenvalue weighted by atomic mass is 9.75. The molecular weight excluding hydrogens is 232 g/mol. The van der Waals surface area contributed by atoms with Crippen LogP contribution in [0.3, 0.4) is 0 Å². The van der Waals surface area contributed by atoms with Gasteiger partial charge in [-0.2, -0.15) is 0 Å². The van der Waals surface area contributed by atoms with Crippen LogP contribution in [0.25, 0.3) is 0 Å². The van der Waals surface area contributed by atoms with Crippen LogP contribution in [0.4, 0.5) is 0 Å². The summed E-state index contributed by atoms with van der Waals surface area (Å²) in [5, 5.41) is 0. The van der Waals surface area contributed by atoms with E-state index in [0.29, 0.717) is 5.92 Å². The highest BCUT2D eigenvalue weighted by Gasteiger charge is 2.47. The van der Waals surface area contributed by atoms with Gasteiger partial charge < -0.3 is 9.16 Å². The summed E-state index contributed by atoms with van der Waals surface area (Å²) in [6, 6.07) is 0. The number of ether oxygens (including phenoxy) is 1. The summed E-state index contributed by atoms with van der Waals surface area (Å²) in [5.74, 6) is 1.62. The standard InChI is InChI=1S/C13H22O3Si/c1-8-6-10(16-17(3,4)5)7-11-9(2)15-13(14)12(8)11/h6,8-9,11-12H,7H2,1-5H3/t8-,9+,11+,12+/m1/s1. The van der Waals surface area contributed by atoms with Gasteiger partial charge in [-0.25, -0.2) is 0 Å². The van der Waals surface area contributed by atoms with Crippen molar-refractivity contribution in [1.29, 1.82) is 0 Å².